The molecule has 2 nitrogen and oxygen atoms in total. The maximum Gasteiger partial charge on any atom is 0.0620 e. The summed E-state index contributed by atoms with van der Waals surface area (Å²) in [5.41, 5.74) is 0.903. The van der Waals surface area contributed by atoms with E-state index in [1.54, 1.807) is 0 Å². The van der Waals surface area contributed by atoms with Crippen LogP contribution in [0.15, 0.2) is 30.3 Å². The predicted molar refractivity (Wildman–Crippen MR) is 77.8 cm³/mol. The Balaban J connectivity index is 1.70. The monoisotopic (exact) mass is 259 g/mol. The molecule has 1 aromatic rings. The average molecular weight is 259 g/mol. The van der Waals surface area contributed by atoms with E-state index >= 15 is 0 Å². The fourth-order valence-corrected chi connectivity index (χ4v) is 3.90. The van der Waals surface area contributed by atoms with Gasteiger partial charge in [-0.25, -0.2) is 0 Å². The van der Waals surface area contributed by atoms with E-state index in [4.69, 9.17) is 0 Å². The van der Waals surface area contributed by atoms with E-state index < -0.39 is 5.60 Å². The highest BCUT2D eigenvalue weighted by Gasteiger charge is 2.44. The van der Waals surface area contributed by atoms with Crippen LogP contribution in [0.25, 0.3) is 0 Å². The summed E-state index contributed by atoms with van der Waals surface area (Å²) in [6.07, 6.45) is 4.94. The standard InChI is InChI=1S/C17H25NO/c1-17(2,19)14-10-15-8-9-16(11-14)18(15)12-13-6-4-3-5-7-13/h3-7,14-16,19H,8-12H2,1-2H3/t14-,15-,16+. The van der Waals surface area contributed by atoms with E-state index in [2.05, 4.69) is 35.2 Å². The first-order valence-electron chi connectivity index (χ1n) is 7.56. The first-order chi connectivity index (χ1) is 9.04. The molecule has 2 aliphatic heterocycles. The smallest absolute Gasteiger partial charge is 0.0620 e. The van der Waals surface area contributed by atoms with Gasteiger partial charge >= 0.3 is 0 Å². The van der Waals surface area contributed by atoms with Crippen LogP contribution in [0.1, 0.15) is 45.1 Å². The summed E-state index contributed by atoms with van der Waals surface area (Å²) in [5, 5.41) is 10.3. The van der Waals surface area contributed by atoms with Crippen LogP contribution in [0, 0.1) is 5.92 Å². The van der Waals surface area contributed by atoms with Gasteiger partial charge in [0.2, 0.25) is 0 Å². The van der Waals surface area contributed by atoms with Crippen molar-refractivity contribution in [2.75, 3.05) is 0 Å². The van der Waals surface area contributed by atoms with Gasteiger partial charge in [-0.15, -0.1) is 0 Å². The summed E-state index contributed by atoms with van der Waals surface area (Å²) in [5.74, 6) is 0.469. The highest BCUT2D eigenvalue weighted by Crippen LogP contribution is 2.43. The fourth-order valence-electron chi connectivity index (χ4n) is 3.90. The number of fused-ring (bicyclic) bond motifs is 2. The Labute approximate surface area is 116 Å². The lowest BCUT2D eigenvalue weighted by Gasteiger charge is -2.43. The quantitative estimate of drug-likeness (QED) is 0.901. The minimum Gasteiger partial charge on any atom is -0.390 e. The lowest BCUT2D eigenvalue weighted by atomic mass is 9.79. The van der Waals surface area contributed by atoms with Crippen molar-refractivity contribution < 1.29 is 5.11 Å². The molecule has 2 heterocycles. The van der Waals surface area contributed by atoms with E-state index in [9.17, 15) is 5.11 Å². The van der Waals surface area contributed by atoms with Crippen molar-refractivity contribution in [1.82, 2.24) is 4.90 Å². The molecular formula is C17H25NO. The van der Waals surface area contributed by atoms with Gasteiger partial charge in [-0.1, -0.05) is 30.3 Å². The van der Waals surface area contributed by atoms with Gasteiger partial charge in [0.1, 0.15) is 0 Å². The van der Waals surface area contributed by atoms with Gasteiger partial charge in [0.05, 0.1) is 5.60 Å². The van der Waals surface area contributed by atoms with Gasteiger partial charge in [-0.05, 0) is 51.0 Å². The van der Waals surface area contributed by atoms with Gasteiger partial charge in [-0.2, -0.15) is 0 Å². The van der Waals surface area contributed by atoms with E-state index in [0.29, 0.717) is 18.0 Å². The third-order valence-corrected chi connectivity index (χ3v) is 5.09. The minimum atomic E-state index is -0.514. The zero-order chi connectivity index (χ0) is 13.5. The Morgan fingerprint density at radius 2 is 1.68 bits per heavy atom. The second kappa shape index (κ2) is 4.92. The molecule has 0 radical (unpaired) electrons. The second-order valence-corrected chi connectivity index (χ2v) is 6.86. The molecule has 3 rings (SSSR count). The van der Waals surface area contributed by atoms with Crippen LogP contribution in [0.4, 0.5) is 0 Å². The minimum absolute atomic E-state index is 0.469. The number of hydrogen-bond donors (Lipinski definition) is 1. The van der Waals surface area contributed by atoms with Gasteiger partial charge in [-0.3, -0.25) is 4.90 Å². The molecular weight excluding hydrogens is 234 g/mol. The molecule has 2 fully saturated rings. The molecule has 0 spiro atoms. The Kier molecular flexibility index (Phi) is 3.40. The number of rotatable bonds is 3. The van der Waals surface area contributed by atoms with E-state index in [0.717, 1.165) is 19.4 Å². The molecule has 2 heteroatoms. The summed E-state index contributed by atoms with van der Waals surface area (Å²) in [4.78, 5) is 2.68. The van der Waals surface area contributed by atoms with Crippen LogP contribution < -0.4 is 0 Å². The van der Waals surface area contributed by atoms with Gasteiger partial charge in [0.15, 0.2) is 0 Å². The van der Waals surface area contributed by atoms with E-state index in [1.807, 2.05) is 13.8 Å². The van der Waals surface area contributed by atoms with Gasteiger partial charge in [0, 0.05) is 18.6 Å². The largest absolute Gasteiger partial charge is 0.390 e. The molecule has 0 amide bonds. The van der Waals surface area contributed by atoms with Crippen molar-refractivity contribution in [3.05, 3.63) is 35.9 Å². The third kappa shape index (κ3) is 2.70. The van der Waals surface area contributed by atoms with Crippen LogP contribution in [0.5, 0.6) is 0 Å². The van der Waals surface area contributed by atoms with Crippen molar-refractivity contribution in [2.24, 2.45) is 5.92 Å². The Morgan fingerprint density at radius 1 is 1.11 bits per heavy atom. The number of benzene rings is 1. The average Bonchev–Trinajstić information content (AvgIpc) is 2.61. The second-order valence-electron chi connectivity index (χ2n) is 6.86. The number of piperidine rings is 1. The molecule has 0 saturated carbocycles. The summed E-state index contributed by atoms with van der Waals surface area (Å²) in [6, 6.07) is 12.1. The Morgan fingerprint density at radius 3 is 2.21 bits per heavy atom. The summed E-state index contributed by atoms with van der Waals surface area (Å²) in [7, 11) is 0. The maximum absolute atomic E-state index is 10.3. The third-order valence-electron chi connectivity index (χ3n) is 5.09. The van der Waals surface area contributed by atoms with Crippen LogP contribution in [0.3, 0.4) is 0 Å². The molecule has 104 valence electrons. The lowest BCUT2D eigenvalue weighted by molar-refractivity contribution is -0.0344. The summed E-state index contributed by atoms with van der Waals surface area (Å²) >= 11 is 0. The van der Waals surface area contributed by atoms with E-state index in [1.165, 1.54) is 18.4 Å². The first kappa shape index (κ1) is 13.1. The zero-order valence-electron chi connectivity index (χ0n) is 12.0. The topological polar surface area (TPSA) is 23.5 Å². The van der Waals surface area contributed by atoms with Gasteiger partial charge in [0.25, 0.3) is 0 Å². The predicted octanol–water partition coefficient (Wildman–Crippen LogP) is 3.20. The molecule has 2 bridgehead atoms. The zero-order valence-corrected chi connectivity index (χ0v) is 12.0. The van der Waals surface area contributed by atoms with Crippen molar-refractivity contribution in [3.8, 4) is 0 Å². The molecule has 0 aromatic heterocycles. The molecule has 1 aromatic carbocycles. The van der Waals surface area contributed by atoms with Gasteiger partial charge < -0.3 is 5.11 Å². The molecule has 2 saturated heterocycles. The highest BCUT2D eigenvalue weighted by molar-refractivity contribution is 5.15. The SMILES string of the molecule is CC(C)(O)[C@@H]1C[C@H]2CC[C@@H](C1)N2Cc1ccccc1. The van der Waals surface area contributed by atoms with Crippen LogP contribution in [-0.2, 0) is 6.54 Å². The lowest BCUT2D eigenvalue weighted by Crippen LogP contribution is -2.47. The Hall–Kier alpha value is -0.860. The molecule has 1 N–H and O–H groups in total. The summed E-state index contributed by atoms with van der Waals surface area (Å²) < 4.78 is 0. The van der Waals surface area contributed by atoms with E-state index in [-0.39, 0.29) is 0 Å². The summed E-state index contributed by atoms with van der Waals surface area (Å²) in [6.45, 7) is 5.03. The normalized spacial score (nSPS) is 31.6. The Bertz CT molecular complexity index is 409. The van der Waals surface area contributed by atoms with Crippen LogP contribution in [0.2, 0.25) is 0 Å². The van der Waals surface area contributed by atoms with Crippen molar-refractivity contribution in [3.63, 3.8) is 0 Å². The van der Waals surface area contributed by atoms with Crippen LogP contribution in [-0.4, -0.2) is 27.7 Å². The van der Waals surface area contributed by atoms with Crippen LogP contribution >= 0.6 is 0 Å². The first-order valence-corrected chi connectivity index (χ1v) is 7.56. The highest BCUT2D eigenvalue weighted by atomic mass is 16.3. The van der Waals surface area contributed by atoms with Crippen molar-refractivity contribution >= 4 is 0 Å². The molecule has 19 heavy (non-hydrogen) atoms. The van der Waals surface area contributed by atoms with Crippen molar-refractivity contribution in [2.45, 2.75) is 63.8 Å². The molecule has 3 atom stereocenters. The number of aliphatic hydroxyl groups is 1. The number of hydrogen-bond acceptors (Lipinski definition) is 2. The molecule has 2 aliphatic rings. The number of nitrogens with zero attached hydrogens (tertiary/aromatic N) is 1. The van der Waals surface area contributed by atoms with Crippen molar-refractivity contribution in [1.29, 1.82) is 0 Å². The molecule has 0 unspecified atom stereocenters. The fraction of sp³-hybridized carbons (Fsp3) is 0.647. The molecule has 0 aliphatic carbocycles. The maximum atomic E-state index is 10.3.